The Kier molecular flexibility index (Phi) is 5.42. The lowest BCUT2D eigenvalue weighted by Crippen LogP contribution is -2.37. The van der Waals surface area contributed by atoms with Crippen molar-refractivity contribution in [2.24, 2.45) is 0 Å². The Balaban J connectivity index is 1.68. The molecule has 1 aliphatic heterocycles. The van der Waals surface area contributed by atoms with E-state index in [1.54, 1.807) is 12.1 Å². The average Bonchev–Trinajstić information content (AvgIpc) is 2.60. The number of amides is 1. The lowest BCUT2D eigenvalue weighted by molar-refractivity contribution is 0.0950. The van der Waals surface area contributed by atoms with Crippen LogP contribution in [-0.4, -0.2) is 42.2 Å². The summed E-state index contributed by atoms with van der Waals surface area (Å²) in [5, 5.41) is 2.91. The average molecular weight is 391 g/mol. The number of carbonyl (C=O) groups is 1. The van der Waals surface area contributed by atoms with Crippen molar-refractivity contribution in [1.29, 1.82) is 0 Å². The zero-order valence-corrected chi connectivity index (χ0v) is 15.0. The highest BCUT2D eigenvalue weighted by Crippen LogP contribution is 2.13. The van der Waals surface area contributed by atoms with Crippen molar-refractivity contribution in [3.05, 3.63) is 51.8 Å². The first-order chi connectivity index (χ1) is 11.6. The van der Waals surface area contributed by atoms with Gasteiger partial charge in [-0.25, -0.2) is 9.97 Å². The first-order valence-electron chi connectivity index (χ1n) is 7.83. The molecular weight excluding hydrogens is 372 g/mol. The van der Waals surface area contributed by atoms with E-state index in [4.69, 9.17) is 4.74 Å². The Bertz CT molecular complexity index is 732. The number of hydrogen-bond donors (Lipinski definition) is 1. The highest BCUT2D eigenvalue weighted by molar-refractivity contribution is 9.10. The van der Waals surface area contributed by atoms with Crippen LogP contribution in [0.1, 0.15) is 21.7 Å². The third-order valence-corrected chi connectivity index (χ3v) is 4.20. The molecule has 1 aliphatic rings. The summed E-state index contributed by atoms with van der Waals surface area (Å²) in [5.74, 6) is 0.575. The zero-order valence-electron chi connectivity index (χ0n) is 13.5. The van der Waals surface area contributed by atoms with Crippen molar-refractivity contribution in [3.63, 3.8) is 0 Å². The van der Waals surface area contributed by atoms with Crippen molar-refractivity contribution in [2.75, 3.05) is 31.2 Å². The van der Waals surface area contributed by atoms with Gasteiger partial charge < -0.3 is 15.0 Å². The summed E-state index contributed by atoms with van der Waals surface area (Å²) in [5.41, 5.74) is 2.30. The van der Waals surface area contributed by atoms with Gasteiger partial charge in [0.1, 0.15) is 0 Å². The minimum absolute atomic E-state index is 0.125. The van der Waals surface area contributed by atoms with Crippen LogP contribution in [0.3, 0.4) is 0 Å². The predicted octanol–water partition coefficient (Wildman–Crippen LogP) is 2.31. The van der Waals surface area contributed by atoms with Gasteiger partial charge in [-0.1, -0.05) is 22.0 Å². The van der Waals surface area contributed by atoms with Gasteiger partial charge in [0.05, 0.1) is 25.5 Å². The summed E-state index contributed by atoms with van der Waals surface area (Å²) in [4.78, 5) is 23.4. The normalized spacial score (nSPS) is 14.5. The summed E-state index contributed by atoms with van der Waals surface area (Å²) >= 11 is 3.37. The third kappa shape index (κ3) is 4.30. The highest BCUT2D eigenvalue weighted by Gasteiger charge is 2.15. The van der Waals surface area contributed by atoms with E-state index in [1.807, 2.05) is 25.1 Å². The van der Waals surface area contributed by atoms with Crippen molar-refractivity contribution >= 4 is 27.8 Å². The van der Waals surface area contributed by atoms with Gasteiger partial charge in [0.25, 0.3) is 5.91 Å². The third-order valence-electron chi connectivity index (χ3n) is 3.71. The largest absolute Gasteiger partial charge is 0.378 e. The molecule has 1 fully saturated rings. The number of aromatic nitrogens is 2. The Labute approximate surface area is 149 Å². The monoisotopic (exact) mass is 390 g/mol. The molecule has 0 saturated carbocycles. The van der Waals surface area contributed by atoms with Crippen LogP contribution < -0.4 is 10.2 Å². The second kappa shape index (κ2) is 7.72. The molecule has 0 radical (unpaired) electrons. The molecule has 126 valence electrons. The minimum Gasteiger partial charge on any atom is -0.378 e. The number of halogens is 1. The van der Waals surface area contributed by atoms with E-state index in [9.17, 15) is 4.79 Å². The summed E-state index contributed by atoms with van der Waals surface area (Å²) < 4.78 is 6.24. The molecule has 0 spiro atoms. The number of rotatable bonds is 4. The number of hydrogen-bond acceptors (Lipinski definition) is 5. The van der Waals surface area contributed by atoms with E-state index in [2.05, 4.69) is 36.1 Å². The van der Waals surface area contributed by atoms with Gasteiger partial charge in [-0.3, -0.25) is 4.79 Å². The molecule has 0 aliphatic carbocycles. The summed E-state index contributed by atoms with van der Waals surface area (Å²) in [6, 6.07) is 9.19. The fraction of sp³-hybridized carbons (Fsp3) is 0.353. The van der Waals surface area contributed by atoms with E-state index in [1.165, 1.54) is 0 Å². The predicted molar refractivity (Wildman–Crippen MR) is 95.1 cm³/mol. The minimum atomic E-state index is -0.125. The first-order valence-corrected chi connectivity index (χ1v) is 8.62. The van der Waals surface area contributed by atoms with Crippen LogP contribution in [0.4, 0.5) is 5.95 Å². The Morgan fingerprint density at radius 1 is 1.29 bits per heavy atom. The van der Waals surface area contributed by atoms with Crippen LogP contribution >= 0.6 is 15.9 Å². The Morgan fingerprint density at radius 2 is 2.08 bits per heavy atom. The number of ether oxygens (including phenoxy) is 1. The van der Waals surface area contributed by atoms with Crippen LogP contribution in [0.2, 0.25) is 0 Å². The maximum Gasteiger partial charge on any atom is 0.251 e. The van der Waals surface area contributed by atoms with Gasteiger partial charge >= 0.3 is 0 Å². The molecule has 1 N–H and O–H groups in total. The quantitative estimate of drug-likeness (QED) is 0.867. The fourth-order valence-electron chi connectivity index (χ4n) is 2.51. The van der Waals surface area contributed by atoms with Gasteiger partial charge in [0.15, 0.2) is 0 Å². The highest BCUT2D eigenvalue weighted by atomic mass is 79.9. The van der Waals surface area contributed by atoms with Crippen molar-refractivity contribution in [3.8, 4) is 0 Å². The number of aryl methyl sites for hydroxylation is 1. The fourth-order valence-corrected chi connectivity index (χ4v) is 2.91. The lowest BCUT2D eigenvalue weighted by atomic mass is 10.2. The van der Waals surface area contributed by atoms with Crippen LogP contribution in [0.25, 0.3) is 0 Å². The number of anilines is 1. The number of nitrogens with one attached hydrogen (secondary N) is 1. The molecule has 24 heavy (non-hydrogen) atoms. The second-order valence-corrected chi connectivity index (χ2v) is 6.51. The van der Waals surface area contributed by atoms with Crippen molar-refractivity contribution in [2.45, 2.75) is 13.5 Å². The van der Waals surface area contributed by atoms with Gasteiger partial charge in [-0.05, 0) is 31.2 Å². The smallest absolute Gasteiger partial charge is 0.251 e. The molecule has 7 heteroatoms. The molecule has 1 amide bonds. The molecule has 1 aromatic heterocycles. The molecule has 2 aromatic rings. The Hall–Kier alpha value is -1.99. The molecule has 0 unspecified atom stereocenters. The second-order valence-electron chi connectivity index (χ2n) is 5.59. The van der Waals surface area contributed by atoms with E-state index in [0.29, 0.717) is 31.3 Å². The SMILES string of the molecule is Cc1cc(CNC(=O)c2cccc(Br)c2)nc(N2CCOCC2)n1. The van der Waals surface area contributed by atoms with Crippen molar-refractivity contribution in [1.82, 2.24) is 15.3 Å². The molecule has 1 aromatic carbocycles. The number of morpholine rings is 1. The Morgan fingerprint density at radius 3 is 2.83 bits per heavy atom. The zero-order chi connectivity index (χ0) is 16.9. The molecule has 0 bridgehead atoms. The topological polar surface area (TPSA) is 67.4 Å². The van der Waals surface area contributed by atoms with Crippen LogP contribution in [0, 0.1) is 6.92 Å². The van der Waals surface area contributed by atoms with E-state index in [0.717, 1.165) is 29.0 Å². The van der Waals surface area contributed by atoms with Gasteiger partial charge in [-0.2, -0.15) is 0 Å². The summed E-state index contributed by atoms with van der Waals surface area (Å²) in [6.07, 6.45) is 0. The lowest BCUT2D eigenvalue weighted by Gasteiger charge is -2.27. The molecule has 6 nitrogen and oxygen atoms in total. The van der Waals surface area contributed by atoms with Crippen LogP contribution in [-0.2, 0) is 11.3 Å². The van der Waals surface area contributed by atoms with Gasteiger partial charge in [0, 0.05) is 28.8 Å². The molecule has 3 rings (SSSR count). The molecule has 1 saturated heterocycles. The number of benzene rings is 1. The summed E-state index contributed by atoms with van der Waals surface area (Å²) in [7, 11) is 0. The first kappa shape index (κ1) is 16.9. The summed E-state index contributed by atoms with van der Waals surface area (Å²) in [6.45, 7) is 5.25. The molecule has 0 atom stereocenters. The van der Waals surface area contributed by atoms with Gasteiger partial charge in [-0.15, -0.1) is 0 Å². The maximum atomic E-state index is 12.2. The van der Waals surface area contributed by atoms with Crippen molar-refractivity contribution < 1.29 is 9.53 Å². The van der Waals surface area contributed by atoms with E-state index >= 15 is 0 Å². The number of carbonyl (C=O) groups excluding carboxylic acids is 1. The van der Waals surface area contributed by atoms with Gasteiger partial charge in [0.2, 0.25) is 5.95 Å². The van der Waals surface area contributed by atoms with E-state index in [-0.39, 0.29) is 5.91 Å². The molecule has 2 heterocycles. The molecular formula is C17H19BrN4O2. The van der Waals surface area contributed by atoms with E-state index < -0.39 is 0 Å². The van der Waals surface area contributed by atoms with Crippen LogP contribution in [0.5, 0.6) is 0 Å². The number of nitrogens with zero attached hydrogens (tertiary/aromatic N) is 3. The standard InChI is InChI=1S/C17H19BrN4O2/c1-12-9-15(21-17(20-12)22-5-7-24-8-6-22)11-19-16(23)13-3-2-4-14(18)10-13/h2-4,9-10H,5-8,11H2,1H3,(H,19,23). The van der Waals surface area contributed by atoms with Crippen LogP contribution in [0.15, 0.2) is 34.8 Å². The maximum absolute atomic E-state index is 12.2.